The van der Waals surface area contributed by atoms with Crippen LogP contribution in [0.2, 0.25) is 0 Å². The molecule has 0 bridgehead atoms. The highest BCUT2D eigenvalue weighted by atomic mass is 32.2. The van der Waals surface area contributed by atoms with Crippen LogP contribution < -0.4 is 5.73 Å². The molecule has 0 aliphatic carbocycles. The number of rotatable bonds is 2. The van der Waals surface area contributed by atoms with E-state index in [0.29, 0.717) is 26.9 Å². The molecule has 1 aromatic heterocycles. The van der Waals surface area contributed by atoms with Crippen LogP contribution in [0.5, 0.6) is 0 Å². The Bertz CT molecular complexity index is 757. The summed E-state index contributed by atoms with van der Waals surface area (Å²) < 4.78 is 31.4. The minimum absolute atomic E-state index is 0.353. The molecule has 0 aliphatic heterocycles. The Kier molecular flexibility index (Phi) is 2.87. The summed E-state index contributed by atoms with van der Waals surface area (Å²) in [6.07, 6.45) is 0. The first-order chi connectivity index (χ1) is 9.11. The van der Waals surface area contributed by atoms with Gasteiger partial charge >= 0.3 is 0 Å². The van der Waals surface area contributed by atoms with Crippen LogP contribution in [0.3, 0.4) is 0 Å². The number of nitrogen functional groups attached to an aromatic ring is 1. The predicted octanol–water partition coefficient (Wildman–Crippen LogP) is 3.84. The lowest BCUT2D eigenvalue weighted by Crippen LogP contribution is -1.83. The molecule has 6 heteroatoms. The highest BCUT2D eigenvalue weighted by Gasteiger charge is 2.09. The van der Waals surface area contributed by atoms with E-state index in [1.807, 2.05) is 0 Å². The van der Waals surface area contributed by atoms with E-state index in [1.165, 1.54) is 6.07 Å². The average Bonchev–Trinajstić information content (AvgIpc) is 2.75. The number of benzene rings is 2. The normalized spacial score (nSPS) is 11.1. The molecule has 0 saturated carbocycles. The van der Waals surface area contributed by atoms with Gasteiger partial charge in [-0.1, -0.05) is 0 Å². The average molecular weight is 278 g/mol. The first-order valence-electron chi connectivity index (χ1n) is 5.41. The molecule has 3 nitrogen and oxygen atoms in total. The van der Waals surface area contributed by atoms with Crippen molar-refractivity contribution in [3.8, 4) is 0 Å². The van der Waals surface area contributed by atoms with Crippen molar-refractivity contribution < 1.29 is 13.2 Å². The van der Waals surface area contributed by atoms with Gasteiger partial charge in [0.2, 0.25) is 0 Å². The fourth-order valence-corrected chi connectivity index (χ4v) is 2.38. The Labute approximate surface area is 111 Å². The van der Waals surface area contributed by atoms with Gasteiger partial charge < -0.3 is 10.2 Å². The molecular formula is C13H8F2N2OS. The monoisotopic (exact) mass is 278 g/mol. The molecule has 0 spiro atoms. The molecule has 1 heterocycles. The van der Waals surface area contributed by atoms with Crippen molar-refractivity contribution in [1.82, 2.24) is 4.98 Å². The second-order valence-electron chi connectivity index (χ2n) is 3.88. The van der Waals surface area contributed by atoms with Crippen LogP contribution in [-0.4, -0.2) is 4.98 Å². The Hall–Kier alpha value is -2.08. The second-order valence-corrected chi connectivity index (χ2v) is 4.91. The lowest BCUT2D eigenvalue weighted by molar-refractivity contribution is 0.488. The van der Waals surface area contributed by atoms with Gasteiger partial charge in [-0.3, -0.25) is 0 Å². The van der Waals surface area contributed by atoms with Gasteiger partial charge in [0.05, 0.1) is 0 Å². The van der Waals surface area contributed by atoms with Gasteiger partial charge in [0.15, 0.2) is 17.2 Å². The molecule has 0 atom stereocenters. The van der Waals surface area contributed by atoms with Gasteiger partial charge in [-0.2, -0.15) is 0 Å². The zero-order valence-electron chi connectivity index (χ0n) is 9.56. The summed E-state index contributed by atoms with van der Waals surface area (Å²) in [4.78, 5) is 4.73. The third-order valence-corrected chi connectivity index (χ3v) is 3.33. The molecule has 2 N–H and O–H groups in total. The summed E-state index contributed by atoms with van der Waals surface area (Å²) in [6, 6.07) is 8.74. The van der Waals surface area contributed by atoms with Gasteiger partial charge in [0.1, 0.15) is 5.52 Å². The van der Waals surface area contributed by atoms with Crippen LogP contribution in [0.4, 0.5) is 14.5 Å². The molecule has 0 aliphatic rings. The first-order valence-corrected chi connectivity index (χ1v) is 6.22. The van der Waals surface area contributed by atoms with E-state index in [2.05, 4.69) is 4.98 Å². The highest BCUT2D eigenvalue weighted by molar-refractivity contribution is 7.99. The zero-order chi connectivity index (χ0) is 13.4. The molecule has 3 aromatic rings. The third-order valence-electron chi connectivity index (χ3n) is 2.49. The highest BCUT2D eigenvalue weighted by Crippen LogP contribution is 2.31. The van der Waals surface area contributed by atoms with E-state index in [1.54, 1.807) is 18.2 Å². The SMILES string of the molecule is Nc1ccc2oc(Sc3ccc(F)c(F)c3)nc2c1. The molecule has 0 unspecified atom stereocenters. The molecular weight excluding hydrogens is 270 g/mol. The number of nitrogens with zero attached hydrogens (tertiary/aromatic N) is 1. The number of oxazole rings is 1. The number of nitrogens with two attached hydrogens (primary N) is 1. The van der Waals surface area contributed by atoms with Gasteiger partial charge in [-0.05, 0) is 48.2 Å². The van der Waals surface area contributed by atoms with Gasteiger partial charge in [0, 0.05) is 10.6 Å². The van der Waals surface area contributed by atoms with Crippen molar-refractivity contribution in [3.63, 3.8) is 0 Å². The topological polar surface area (TPSA) is 52.0 Å². The van der Waals surface area contributed by atoms with Crippen molar-refractivity contribution in [2.45, 2.75) is 10.1 Å². The standard InChI is InChI=1S/C13H8F2N2OS/c14-9-3-2-8(6-10(9)15)19-13-17-11-5-7(16)1-4-12(11)18-13/h1-6H,16H2. The van der Waals surface area contributed by atoms with Crippen LogP contribution in [0, 0.1) is 11.6 Å². The number of fused-ring (bicyclic) bond motifs is 1. The summed E-state index contributed by atoms with van der Waals surface area (Å²) in [5.41, 5.74) is 7.46. The fraction of sp³-hybridized carbons (Fsp3) is 0. The molecule has 0 saturated heterocycles. The van der Waals surface area contributed by atoms with Crippen LogP contribution in [0.1, 0.15) is 0 Å². The van der Waals surface area contributed by atoms with Crippen molar-refractivity contribution in [2.24, 2.45) is 0 Å². The quantitative estimate of drug-likeness (QED) is 0.724. The number of aromatic nitrogens is 1. The van der Waals surface area contributed by atoms with Gasteiger partial charge in [0.25, 0.3) is 5.22 Å². The van der Waals surface area contributed by atoms with Crippen molar-refractivity contribution >= 4 is 28.5 Å². The lowest BCUT2D eigenvalue weighted by Gasteiger charge is -1.97. The summed E-state index contributed by atoms with van der Waals surface area (Å²) in [5, 5.41) is 0.353. The van der Waals surface area contributed by atoms with Crippen LogP contribution in [0.25, 0.3) is 11.1 Å². The number of anilines is 1. The fourth-order valence-electron chi connectivity index (χ4n) is 1.61. The molecule has 0 amide bonds. The van der Waals surface area contributed by atoms with Gasteiger partial charge in [-0.25, -0.2) is 13.8 Å². The first kappa shape index (κ1) is 12.0. The Morgan fingerprint density at radius 2 is 1.89 bits per heavy atom. The molecule has 2 aromatic carbocycles. The summed E-state index contributed by atoms with van der Waals surface area (Å²) in [5.74, 6) is -1.78. The Morgan fingerprint density at radius 3 is 2.68 bits per heavy atom. The van der Waals surface area contributed by atoms with E-state index in [9.17, 15) is 8.78 Å². The number of hydrogen-bond donors (Lipinski definition) is 1. The smallest absolute Gasteiger partial charge is 0.261 e. The lowest BCUT2D eigenvalue weighted by atomic mass is 10.3. The summed E-state index contributed by atoms with van der Waals surface area (Å²) in [7, 11) is 0. The van der Waals surface area contributed by atoms with Crippen molar-refractivity contribution in [2.75, 3.05) is 5.73 Å². The van der Waals surface area contributed by atoms with Crippen LogP contribution >= 0.6 is 11.8 Å². The van der Waals surface area contributed by atoms with Crippen LogP contribution in [0.15, 0.2) is 50.9 Å². The Morgan fingerprint density at radius 1 is 1.05 bits per heavy atom. The van der Waals surface area contributed by atoms with Crippen molar-refractivity contribution in [3.05, 3.63) is 48.0 Å². The predicted molar refractivity (Wildman–Crippen MR) is 68.9 cm³/mol. The molecule has 96 valence electrons. The largest absolute Gasteiger partial charge is 0.431 e. The minimum Gasteiger partial charge on any atom is -0.431 e. The Balaban J connectivity index is 1.94. The molecule has 0 fully saturated rings. The van der Waals surface area contributed by atoms with E-state index in [4.69, 9.17) is 10.2 Å². The molecule has 3 rings (SSSR count). The molecule has 0 radical (unpaired) electrons. The van der Waals surface area contributed by atoms with E-state index < -0.39 is 11.6 Å². The number of hydrogen-bond acceptors (Lipinski definition) is 4. The summed E-state index contributed by atoms with van der Waals surface area (Å²) in [6.45, 7) is 0. The maximum atomic E-state index is 13.1. The van der Waals surface area contributed by atoms with Crippen molar-refractivity contribution in [1.29, 1.82) is 0 Å². The van der Waals surface area contributed by atoms with E-state index in [-0.39, 0.29) is 0 Å². The molecule has 19 heavy (non-hydrogen) atoms. The second kappa shape index (κ2) is 4.55. The maximum absolute atomic E-state index is 13.1. The van der Waals surface area contributed by atoms with Gasteiger partial charge in [-0.15, -0.1) is 0 Å². The minimum atomic E-state index is -0.898. The van der Waals surface area contributed by atoms with Crippen LogP contribution in [-0.2, 0) is 0 Å². The zero-order valence-corrected chi connectivity index (χ0v) is 10.4. The van der Waals surface area contributed by atoms with E-state index >= 15 is 0 Å². The number of halogens is 2. The van der Waals surface area contributed by atoms with E-state index in [0.717, 1.165) is 23.9 Å². The maximum Gasteiger partial charge on any atom is 0.261 e. The third kappa shape index (κ3) is 2.39. The summed E-state index contributed by atoms with van der Waals surface area (Å²) >= 11 is 1.12.